The quantitative estimate of drug-likeness (QED) is 0.261. The summed E-state index contributed by atoms with van der Waals surface area (Å²) < 4.78 is 1.69. The van der Waals surface area contributed by atoms with Crippen molar-refractivity contribution in [3.05, 3.63) is 99.7 Å². The number of primary amides is 1. The summed E-state index contributed by atoms with van der Waals surface area (Å²) in [6.07, 6.45) is 2.20. The molecule has 0 atom stereocenters. The monoisotopic (exact) mass is 526 g/mol. The molecule has 0 radical (unpaired) electrons. The molecule has 1 aliphatic carbocycles. The van der Waals surface area contributed by atoms with Crippen molar-refractivity contribution < 1.29 is 19.2 Å². The van der Waals surface area contributed by atoms with Crippen molar-refractivity contribution in [2.45, 2.75) is 25.7 Å². The van der Waals surface area contributed by atoms with Gasteiger partial charge >= 0.3 is 0 Å². The SMILES string of the molecule is NC(=O)c1nn(-c2ccc(CCC(=O)C=O)cc2)c2c1CCc1ccc(NC(=O)c3ccccc3Cl)cc1-2. The molecule has 0 bridgehead atoms. The van der Waals surface area contributed by atoms with Crippen molar-refractivity contribution in [2.24, 2.45) is 5.73 Å². The summed E-state index contributed by atoms with van der Waals surface area (Å²) in [5, 5.41) is 7.83. The summed E-state index contributed by atoms with van der Waals surface area (Å²) in [6.45, 7) is 0. The average Bonchev–Trinajstić information content (AvgIpc) is 3.33. The lowest BCUT2D eigenvalue weighted by Crippen LogP contribution is -2.15. The molecule has 1 aromatic heterocycles. The minimum absolute atomic E-state index is 0.141. The number of aldehydes is 1. The summed E-state index contributed by atoms with van der Waals surface area (Å²) in [5.41, 5.74) is 11.8. The number of aryl methyl sites for hydroxylation is 2. The number of nitrogens with one attached hydrogen (secondary N) is 1. The lowest BCUT2D eigenvalue weighted by molar-refractivity contribution is -0.129. The first-order valence-electron chi connectivity index (χ1n) is 12.0. The van der Waals surface area contributed by atoms with Gasteiger partial charge in [-0.3, -0.25) is 19.2 Å². The molecule has 4 aromatic rings. The summed E-state index contributed by atoms with van der Waals surface area (Å²) in [7, 11) is 0. The van der Waals surface area contributed by atoms with Crippen molar-refractivity contribution in [1.82, 2.24) is 9.78 Å². The topological polar surface area (TPSA) is 124 Å². The minimum Gasteiger partial charge on any atom is -0.364 e. The fraction of sp³-hybridized carbons (Fsp3) is 0.138. The summed E-state index contributed by atoms with van der Waals surface area (Å²) in [6, 6.07) is 19.9. The van der Waals surface area contributed by atoms with Crippen LogP contribution in [0.3, 0.4) is 0 Å². The molecule has 0 saturated heterocycles. The number of fused-ring (bicyclic) bond motifs is 3. The molecule has 0 spiro atoms. The van der Waals surface area contributed by atoms with Crippen molar-refractivity contribution in [1.29, 1.82) is 0 Å². The van der Waals surface area contributed by atoms with Gasteiger partial charge < -0.3 is 11.1 Å². The maximum Gasteiger partial charge on any atom is 0.269 e. The Balaban J connectivity index is 1.53. The molecule has 38 heavy (non-hydrogen) atoms. The van der Waals surface area contributed by atoms with Gasteiger partial charge in [-0.15, -0.1) is 0 Å². The first kappa shape index (κ1) is 25.1. The molecule has 2 amide bonds. The highest BCUT2D eigenvalue weighted by Crippen LogP contribution is 2.38. The fourth-order valence-corrected chi connectivity index (χ4v) is 4.90. The highest BCUT2D eigenvalue weighted by atomic mass is 35.5. The molecular weight excluding hydrogens is 504 g/mol. The number of carbonyl (C=O) groups excluding carboxylic acids is 4. The van der Waals surface area contributed by atoms with Crippen LogP contribution < -0.4 is 11.1 Å². The fourth-order valence-electron chi connectivity index (χ4n) is 4.68. The molecule has 0 aliphatic heterocycles. The van der Waals surface area contributed by atoms with Crippen LogP contribution in [0.15, 0.2) is 66.7 Å². The second kappa shape index (κ2) is 10.4. The second-order valence-corrected chi connectivity index (χ2v) is 9.42. The number of benzene rings is 3. The Bertz CT molecular complexity index is 1590. The van der Waals surface area contributed by atoms with E-state index in [0.29, 0.717) is 47.5 Å². The Morgan fingerprint density at radius 3 is 2.50 bits per heavy atom. The highest BCUT2D eigenvalue weighted by Gasteiger charge is 2.28. The van der Waals surface area contributed by atoms with Crippen LogP contribution in [0.25, 0.3) is 16.9 Å². The number of nitrogens with zero attached hydrogens (tertiary/aromatic N) is 2. The Kier molecular flexibility index (Phi) is 6.89. The van der Waals surface area contributed by atoms with Crippen molar-refractivity contribution >= 4 is 41.2 Å². The van der Waals surface area contributed by atoms with E-state index in [1.165, 1.54) is 0 Å². The lowest BCUT2D eigenvalue weighted by atomic mass is 9.88. The Labute approximate surface area is 223 Å². The van der Waals surface area contributed by atoms with Crippen LogP contribution in [0.4, 0.5) is 5.69 Å². The molecular formula is C29H23ClN4O4. The van der Waals surface area contributed by atoms with E-state index in [-0.39, 0.29) is 18.0 Å². The van der Waals surface area contributed by atoms with Gasteiger partial charge in [0.2, 0.25) is 0 Å². The molecule has 1 heterocycles. The average molecular weight is 527 g/mol. The normalized spacial score (nSPS) is 11.8. The van der Waals surface area contributed by atoms with Gasteiger partial charge in [0, 0.05) is 23.2 Å². The number of hydrogen-bond donors (Lipinski definition) is 2. The van der Waals surface area contributed by atoms with Crippen molar-refractivity contribution in [3.8, 4) is 16.9 Å². The second-order valence-electron chi connectivity index (χ2n) is 9.01. The number of ketones is 1. The Hall–Kier alpha value is -4.56. The van der Waals surface area contributed by atoms with E-state index in [9.17, 15) is 19.2 Å². The first-order valence-corrected chi connectivity index (χ1v) is 12.4. The van der Waals surface area contributed by atoms with E-state index in [2.05, 4.69) is 10.4 Å². The Morgan fingerprint density at radius 1 is 1.03 bits per heavy atom. The number of hydrogen-bond acceptors (Lipinski definition) is 5. The molecule has 1 aliphatic rings. The zero-order valence-corrected chi connectivity index (χ0v) is 21.0. The van der Waals surface area contributed by atoms with Gasteiger partial charge in [-0.05, 0) is 66.8 Å². The molecule has 8 nitrogen and oxygen atoms in total. The molecule has 3 aromatic carbocycles. The van der Waals surface area contributed by atoms with Gasteiger partial charge in [0.1, 0.15) is 0 Å². The van der Waals surface area contributed by atoms with E-state index in [1.54, 1.807) is 28.9 Å². The van der Waals surface area contributed by atoms with Gasteiger partial charge in [0.25, 0.3) is 11.8 Å². The van der Waals surface area contributed by atoms with Crippen molar-refractivity contribution in [3.63, 3.8) is 0 Å². The van der Waals surface area contributed by atoms with E-state index < -0.39 is 11.7 Å². The largest absolute Gasteiger partial charge is 0.364 e. The predicted molar refractivity (Wildman–Crippen MR) is 144 cm³/mol. The third kappa shape index (κ3) is 4.86. The summed E-state index contributed by atoms with van der Waals surface area (Å²) >= 11 is 6.19. The number of rotatable bonds is 8. The number of carbonyl (C=O) groups is 4. The van der Waals surface area contributed by atoms with Gasteiger partial charge in [-0.25, -0.2) is 4.68 Å². The maximum absolute atomic E-state index is 12.9. The van der Waals surface area contributed by atoms with E-state index in [0.717, 1.165) is 27.9 Å². The van der Waals surface area contributed by atoms with E-state index in [4.69, 9.17) is 17.3 Å². The van der Waals surface area contributed by atoms with Crippen LogP contribution in [0.1, 0.15) is 44.0 Å². The highest BCUT2D eigenvalue weighted by molar-refractivity contribution is 6.34. The third-order valence-electron chi connectivity index (χ3n) is 6.57. The predicted octanol–water partition coefficient (Wildman–Crippen LogP) is 4.34. The molecule has 0 saturated carbocycles. The molecule has 190 valence electrons. The van der Waals surface area contributed by atoms with Crippen LogP contribution in [0.2, 0.25) is 5.02 Å². The van der Waals surface area contributed by atoms with Gasteiger partial charge in [-0.1, -0.05) is 41.9 Å². The van der Waals surface area contributed by atoms with Crippen LogP contribution in [-0.4, -0.2) is 33.7 Å². The standard InChI is InChI=1S/C29H23ClN4O4/c30-25-4-2-1-3-22(25)29(38)32-19-10-8-18-9-14-23-26(28(31)37)33-34(27(23)24(18)15-19)20-11-5-17(6-12-20)7-13-21(36)16-35/h1-6,8,10-12,15-16H,7,9,13-14H2,(H2,31,37)(H,32,38). The molecule has 3 N–H and O–H groups in total. The Morgan fingerprint density at radius 2 is 1.79 bits per heavy atom. The van der Waals surface area contributed by atoms with Gasteiger partial charge in [0.05, 0.1) is 22.0 Å². The van der Waals surface area contributed by atoms with Crippen LogP contribution >= 0.6 is 11.6 Å². The summed E-state index contributed by atoms with van der Waals surface area (Å²) in [4.78, 5) is 47.1. The van der Waals surface area contributed by atoms with Crippen LogP contribution in [-0.2, 0) is 28.9 Å². The molecule has 0 unspecified atom stereocenters. The lowest BCUT2D eigenvalue weighted by Gasteiger charge is -2.20. The van der Waals surface area contributed by atoms with E-state index >= 15 is 0 Å². The maximum atomic E-state index is 12.9. The summed E-state index contributed by atoms with van der Waals surface area (Å²) in [5.74, 6) is -1.40. The first-order chi connectivity index (χ1) is 18.4. The number of amides is 2. The minimum atomic E-state index is -0.615. The zero-order chi connectivity index (χ0) is 26.8. The van der Waals surface area contributed by atoms with Crippen LogP contribution in [0, 0.1) is 0 Å². The van der Waals surface area contributed by atoms with E-state index in [1.807, 2.05) is 42.5 Å². The number of Topliss-reactive ketones (excluding diaryl/α,β-unsaturated/α-hetero) is 1. The third-order valence-corrected chi connectivity index (χ3v) is 6.90. The van der Waals surface area contributed by atoms with Gasteiger partial charge in [0.15, 0.2) is 17.8 Å². The number of aromatic nitrogens is 2. The van der Waals surface area contributed by atoms with Gasteiger partial charge in [-0.2, -0.15) is 5.10 Å². The van der Waals surface area contributed by atoms with Crippen LogP contribution in [0.5, 0.6) is 0 Å². The number of anilines is 1. The molecule has 9 heteroatoms. The van der Waals surface area contributed by atoms with Crippen molar-refractivity contribution in [2.75, 3.05) is 5.32 Å². The smallest absolute Gasteiger partial charge is 0.269 e. The number of halogens is 1. The zero-order valence-electron chi connectivity index (χ0n) is 20.2. The number of nitrogens with two attached hydrogens (primary N) is 1. The molecule has 0 fully saturated rings. The molecule has 5 rings (SSSR count).